The van der Waals surface area contributed by atoms with Gasteiger partial charge in [-0.05, 0) is 30.9 Å². The van der Waals surface area contributed by atoms with Gasteiger partial charge in [0.05, 0.1) is 43.3 Å². The van der Waals surface area contributed by atoms with Crippen molar-refractivity contribution in [2.75, 3.05) is 13.2 Å². The van der Waals surface area contributed by atoms with Gasteiger partial charge in [0, 0.05) is 13.2 Å². The molecule has 2 aromatic carbocycles. The fourth-order valence-electron chi connectivity index (χ4n) is 4.27. The summed E-state index contributed by atoms with van der Waals surface area (Å²) in [7, 11) is -3.68. The molecule has 1 aliphatic rings. The summed E-state index contributed by atoms with van der Waals surface area (Å²) in [5.74, 6) is -0.132. The summed E-state index contributed by atoms with van der Waals surface area (Å²) in [5, 5.41) is 0.0356. The van der Waals surface area contributed by atoms with Gasteiger partial charge in [0.25, 0.3) is 0 Å². The summed E-state index contributed by atoms with van der Waals surface area (Å²) in [6.45, 7) is 3.82. The number of imidazole rings is 1. The van der Waals surface area contributed by atoms with Gasteiger partial charge in [-0.3, -0.25) is 4.79 Å². The molecular weight excluding hydrogens is 450 g/mol. The lowest BCUT2D eigenvalue weighted by atomic mass is 10.1. The van der Waals surface area contributed by atoms with E-state index in [9.17, 15) is 13.2 Å². The number of amides is 1. The lowest BCUT2D eigenvalue weighted by Crippen LogP contribution is -2.33. The Balaban J connectivity index is 1.59. The highest BCUT2D eigenvalue weighted by Gasteiger charge is 2.28. The number of aromatic nitrogens is 2. The predicted molar refractivity (Wildman–Crippen MR) is 130 cm³/mol. The van der Waals surface area contributed by atoms with Gasteiger partial charge in [0.1, 0.15) is 0 Å². The van der Waals surface area contributed by atoms with Gasteiger partial charge in [-0.25, -0.2) is 13.4 Å². The Labute approximate surface area is 201 Å². The van der Waals surface area contributed by atoms with Crippen LogP contribution in [0.3, 0.4) is 0 Å². The number of hydrogen-bond donors (Lipinski definition) is 0. The highest BCUT2D eigenvalue weighted by Crippen LogP contribution is 2.22. The van der Waals surface area contributed by atoms with Crippen molar-refractivity contribution in [2.45, 2.75) is 56.3 Å². The smallest absolute Gasteiger partial charge is 0.228 e. The molecule has 3 aromatic rings. The highest BCUT2D eigenvalue weighted by atomic mass is 32.2. The predicted octanol–water partition coefficient (Wildman–Crippen LogP) is 3.63. The fraction of sp³-hybridized carbons (Fsp3) is 0.385. The van der Waals surface area contributed by atoms with Crippen molar-refractivity contribution in [1.29, 1.82) is 0 Å². The molecule has 7 nitrogen and oxygen atoms in total. The molecule has 4 rings (SSSR count). The average Bonchev–Trinajstić information content (AvgIpc) is 3.49. The van der Waals surface area contributed by atoms with Crippen LogP contribution in [0.15, 0.2) is 72.0 Å². The zero-order valence-corrected chi connectivity index (χ0v) is 20.3. The first kappa shape index (κ1) is 24.2. The third-order valence-corrected chi connectivity index (χ3v) is 7.67. The van der Waals surface area contributed by atoms with Crippen molar-refractivity contribution in [2.24, 2.45) is 0 Å². The molecule has 1 aliphatic heterocycles. The number of nitrogens with zero attached hydrogens (tertiary/aromatic N) is 3. The van der Waals surface area contributed by atoms with Crippen molar-refractivity contribution in [3.8, 4) is 0 Å². The van der Waals surface area contributed by atoms with Crippen molar-refractivity contribution in [3.63, 3.8) is 0 Å². The molecule has 180 valence electrons. The van der Waals surface area contributed by atoms with Gasteiger partial charge in [-0.15, -0.1) is 0 Å². The van der Waals surface area contributed by atoms with Crippen molar-refractivity contribution < 1.29 is 17.9 Å². The topological polar surface area (TPSA) is 81.5 Å². The van der Waals surface area contributed by atoms with Crippen molar-refractivity contribution >= 4 is 15.7 Å². The quantitative estimate of drug-likeness (QED) is 0.442. The van der Waals surface area contributed by atoms with Crippen LogP contribution in [0, 0.1) is 0 Å². The third-order valence-electron chi connectivity index (χ3n) is 6.07. The molecule has 0 spiro atoms. The number of hydrogen-bond acceptors (Lipinski definition) is 5. The Kier molecular flexibility index (Phi) is 7.80. The lowest BCUT2D eigenvalue weighted by molar-refractivity contribution is -0.131. The molecule has 0 aliphatic carbocycles. The molecule has 34 heavy (non-hydrogen) atoms. The number of ether oxygens (including phenoxy) is 1. The van der Waals surface area contributed by atoms with Crippen LogP contribution in [0.1, 0.15) is 36.6 Å². The summed E-state index contributed by atoms with van der Waals surface area (Å²) < 4.78 is 34.2. The first-order valence-corrected chi connectivity index (χ1v) is 13.4. The maximum absolute atomic E-state index is 13.3. The molecule has 2 heterocycles. The summed E-state index contributed by atoms with van der Waals surface area (Å²) >= 11 is 0. The first-order chi connectivity index (χ1) is 16.5. The summed E-state index contributed by atoms with van der Waals surface area (Å²) in [5.41, 5.74) is 2.36. The Morgan fingerprint density at radius 2 is 1.76 bits per heavy atom. The molecular formula is C26H31N3O4S. The molecule has 1 amide bonds. The molecule has 0 radical (unpaired) electrons. The van der Waals surface area contributed by atoms with Crippen LogP contribution in [0.4, 0.5) is 0 Å². The summed E-state index contributed by atoms with van der Waals surface area (Å²) in [6, 6.07) is 18.7. The Hall–Kier alpha value is -2.97. The van der Waals surface area contributed by atoms with E-state index >= 15 is 0 Å². The minimum Gasteiger partial charge on any atom is -0.376 e. The maximum atomic E-state index is 13.3. The van der Waals surface area contributed by atoms with Gasteiger partial charge in [0.2, 0.25) is 20.9 Å². The van der Waals surface area contributed by atoms with E-state index in [0.717, 1.165) is 18.4 Å². The molecule has 1 atom stereocenters. The number of rotatable bonds is 10. The molecule has 0 unspecified atom stereocenters. The van der Waals surface area contributed by atoms with Gasteiger partial charge in [-0.1, -0.05) is 60.7 Å². The zero-order chi connectivity index (χ0) is 24.0. The van der Waals surface area contributed by atoms with Gasteiger partial charge in [0.15, 0.2) is 0 Å². The number of carbonyl (C=O) groups is 1. The van der Waals surface area contributed by atoms with Crippen LogP contribution in [0.2, 0.25) is 0 Å². The van der Waals surface area contributed by atoms with Crippen LogP contribution >= 0.6 is 0 Å². The SMILES string of the molecule is CCN(Cc1cnc(S(=O)(=O)Cc2ccccc2)n1C[C@@H]1CCCO1)C(=O)Cc1ccccc1. The standard InChI is InChI=1S/C26H31N3O4S/c1-2-28(25(30)16-21-10-5-3-6-11-21)18-23-17-27-26(29(23)19-24-14-9-15-33-24)34(31,32)20-22-12-7-4-8-13-22/h3-8,10-13,17,24H,2,9,14-16,18-20H2,1H3/t24-/m0/s1. The van der Waals surface area contributed by atoms with E-state index in [4.69, 9.17) is 4.74 Å². The van der Waals surface area contributed by atoms with E-state index in [-0.39, 0.29) is 22.9 Å². The number of sulfone groups is 1. The zero-order valence-electron chi connectivity index (χ0n) is 19.5. The maximum Gasteiger partial charge on any atom is 0.228 e. The third kappa shape index (κ3) is 5.93. The molecule has 0 bridgehead atoms. The largest absolute Gasteiger partial charge is 0.376 e. The number of likely N-dealkylation sites (N-methyl/N-ethyl adjacent to an activating group) is 1. The number of benzene rings is 2. The van der Waals surface area contributed by atoms with Gasteiger partial charge < -0.3 is 14.2 Å². The molecule has 1 saturated heterocycles. The van der Waals surface area contributed by atoms with Gasteiger partial charge in [-0.2, -0.15) is 0 Å². The van der Waals surface area contributed by atoms with E-state index < -0.39 is 9.84 Å². The minimum absolute atomic E-state index is 0.00717. The second kappa shape index (κ2) is 11.0. The molecule has 0 N–H and O–H groups in total. The molecule has 1 aromatic heterocycles. The normalized spacial score (nSPS) is 16.0. The van der Waals surface area contributed by atoms with Crippen LogP contribution < -0.4 is 0 Å². The van der Waals surface area contributed by atoms with E-state index in [2.05, 4.69) is 4.98 Å². The fourth-order valence-corrected chi connectivity index (χ4v) is 5.77. The van der Waals surface area contributed by atoms with E-state index in [1.165, 1.54) is 0 Å². The second-order valence-electron chi connectivity index (χ2n) is 8.59. The van der Waals surface area contributed by atoms with Crippen LogP contribution in [0.25, 0.3) is 0 Å². The Morgan fingerprint density at radius 1 is 1.09 bits per heavy atom. The lowest BCUT2D eigenvalue weighted by Gasteiger charge is -2.23. The van der Waals surface area contributed by atoms with E-state index in [1.807, 2.05) is 55.5 Å². The monoisotopic (exact) mass is 481 g/mol. The minimum atomic E-state index is -3.68. The van der Waals surface area contributed by atoms with Crippen LogP contribution in [-0.4, -0.2) is 48.0 Å². The molecule has 8 heteroatoms. The molecule has 1 fully saturated rings. The first-order valence-electron chi connectivity index (χ1n) is 11.7. The van der Waals surface area contributed by atoms with Crippen molar-refractivity contribution in [1.82, 2.24) is 14.5 Å². The van der Waals surface area contributed by atoms with Crippen LogP contribution in [0.5, 0.6) is 0 Å². The van der Waals surface area contributed by atoms with Crippen LogP contribution in [-0.2, 0) is 44.6 Å². The van der Waals surface area contributed by atoms with E-state index in [0.29, 0.717) is 43.9 Å². The average molecular weight is 482 g/mol. The van der Waals surface area contributed by atoms with Gasteiger partial charge >= 0.3 is 0 Å². The second-order valence-corrected chi connectivity index (χ2v) is 10.5. The summed E-state index contributed by atoms with van der Waals surface area (Å²) in [4.78, 5) is 19.1. The number of carbonyl (C=O) groups excluding carboxylic acids is 1. The Bertz CT molecular complexity index is 1190. The van der Waals surface area contributed by atoms with E-state index in [1.54, 1.807) is 27.8 Å². The summed E-state index contributed by atoms with van der Waals surface area (Å²) in [6.07, 6.45) is 3.66. The highest BCUT2D eigenvalue weighted by molar-refractivity contribution is 7.90. The molecule has 0 saturated carbocycles. The Morgan fingerprint density at radius 3 is 2.38 bits per heavy atom. The van der Waals surface area contributed by atoms with Crippen molar-refractivity contribution in [3.05, 3.63) is 83.7 Å².